The third-order valence-corrected chi connectivity index (χ3v) is 2.73. The minimum atomic E-state index is -4.10. The van der Waals surface area contributed by atoms with Crippen LogP contribution in [0, 0.1) is 6.92 Å². The van der Waals surface area contributed by atoms with Crippen LogP contribution in [0.4, 0.5) is 8.78 Å². The minimum Gasteiger partial charge on any atom is -0.311 e. The normalized spacial score (nSPS) is 12.1. The molecular formula is C7H8F2N2O3S. The Hall–Kier alpha value is -1.28. The van der Waals surface area contributed by atoms with E-state index >= 15 is 0 Å². The lowest BCUT2D eigenvalue weighted by Crippen LogP contribution is -2.22. The molecule has 5 nitrogen and oxygen atoms in total. The number of halogens is 2. The van der Waals surface area contributed by atoms with E-state index in [1.54, 1.807) is 0 Å². The summed E-state index contributed by atoms with van der Waals surface area (Å²) in [5.41, 5.74) is -1.95. The molecule has 0 saturated heterocycles. The first-order valence-electron chi connectivity index (χ1n) is 3.78. The summed E-state index contributed by atoms with van der Waals surface area (Å²) in [5, 5.41) is 4.22. The van der Waals surface area contributed by atoms with Gasteiger partial charge in [0.15, 0.2) is 5.03 Å². The Morgan fingerprint density at radius 3 is 2.40 bits per heavy atom. The predicted octanol–water partition coefficient (Wildman–Crippen LogP) is 0.268. The summed E-state index contributed by atoms with van der Waals surface area (Å²) in [6.07, 6.45) is -2.96. The second-order valence-corrected chi connectivity index (χ2v) is 4.41. The SMILES string of the molecule is Cc1cc(C(F)F)c(=O)[nH]c1S(N)(=O)=O. The number of H-pyrrole nitrogens is 1. The Balaban J connectivity index is 3.53. The monoisotopic (exact) mass is 238 g/mol. The quantitative estimate of drug-likeness (QED) is 0.774. The van der Waals surface area contributed by atoms with Crippen LogP contribution in [0.2, 0.25) is 0 Å². The summed E-state index contributed by atoms with van der Waals surface area (Å²) < 4.78 is 46.3. The highest BCUT2D eigenvalue weighted by molar-refractivity contribution is 7.89. The Morgan fingerprint density at radius 1 is 1.47 bits per heavy atom. The van der Waals surface area contributed by atoms with Crippen LogP contribution in [0.15, 0.2) is 15.9 Å². The largest absolute Gasteiger partial charge is 0.311 e. The Bertz CT molecular complexity index is 536. The number of hydrogen-bond donors (Lipinski definition) is 2. The molecule has 0 aliphatic heterocycles. The second-order valence-electron chi connectivity index (χ2n) is 2.91. The third kappa shape index (κ3) is 2.39. The summed E-state index contributed by atoms with van der Waals surface area (Å²) in [7, 11) is -4.10. The van der Waals surface area contributed by atoms with Crippen molar-refractivity contribution < 1.29 is 17.2 Å². The van der Waals surface area contributed by atoms with Gasteiger partial charge in [0.2, 0.25) is 0 Å². The van der Waals surface area contributed by atoms with Crippen LogP contribution in [-0.4, -0.2) is 13.4 Å². The van der Waals surface area contributed by atoms with Crippen molar-refractivity contribution in [2.75, 3.05) is 0 Å². The van der Waals surface area contributed by atoms with Gasteiger partial charge >= 0.3 is 0 Å². The number of alkyl halides is 2. The van der Waals surface area contributed by atoms with E-state index in [1.165, 1.54) is 6.92 Å². The van der Waals surface area contributed by atoms with Crippen molar-refractivity contribution in [1.82, 2.24) is 4.98 Å². The van der Waals surface area contributed by atoms with E-state index in [0.29, 0.717) is 0 Å². The highest BCUT2D eigenvalue weighted by Gasteiger charge is 2.18. The molecular weight excluding hydrogens is 230 g/mol. The summed E-state index contributed by atoms with van der Waals surface area (Å²) >= 11 is 0. The number of pyridine rings is 1. The second kappa shape index (κ2) is 3.70. The molecule has 1 heterocycles. The maximum atomic E-state index is 12.2. The van der Waals surface area contributed by atoms with E-state index in [1.807, 2.05) is 4.98 Å². The van der Waals surface area contributed by atoms with Gasteiger partial charge in [-0.15, -0.1) is 0 Å². The van der Waals surface area contributed by atoms with Gasteiger partial charge in [-0.25, -0.2) is 22.3 Å². The number of primary sulfonamides is 1. The van der Waals surface area contributed by atoms with Crippen LogP contribution in [0.1, 0.15) is 17.6 Å². The van der Waals surface area contributed by atoms with Gasteiger partial charge in [-0.05, 0) is 18.6 Å². The molecule has 8 heteroatoms. The standard InChI is InChI=1S/C7H8F2N2O3S/c1-3-2-4(5(8)9)6(12)11-7(3)15(10,13)14/h2,5H,1H3,(H,11,12)(H2,10,13,14). The van der Waals surface area contributed by atoms with E-state index in [-0.39, 0.29) is 5.56 Å². The summed E-state index contributed by atoms with van der Waals surface area (Å²) in [5.74, 6) is 0. The maximum absolute atomic E-state index is 12.2. The molecule has 0 aliphatic rings. The zero-order valence-electron chi connectivity index (χ0n) is 7.62. The molecule has 1 aromatic rings. The van der Waals surface area contributed by atoms with E-state index in [0.717, 1.165) is 6.07 Å². The zero-order valence-corrected chi connectivity index (χ0v) is 8.44. The number of aromatic nitrogens is 1. The van der Waals surface area contributed by atoms with Crippen molar-refractivity contribution in [2.45, 2.75) is 18.4 Å². The van der Waals surface area contributed by atoms with Gasteiger partial charge in [0.25, 0.3) is 22.0 Å². The van der Waals surface area contributed by atoms with E-state index in [4.69, 9.17) is 5.14 Å². The summed E-state index contributed by atoms with van der Waals surface area (Å²) in [6.45, 7) is 1.27. The molecule has 0 saturated carbocycles. The lowest BCUT2D eigenvalue weighted by atomic mass is 10.2. The number of hydrogen-bond acceptors (Lipinski definition) is 3. The van der Waals surface area contributed by atoms with Gasteiger partial charge in [-0.1, -0.05) is 0 Å². The first kappa shape index (κ1) is 11.8. The van der Waals surface area contributed by atoms with Crippen LogP contribution in [0.3, 0.4) is 0 Å². The first-order valence-corrected chi connectivity index (χ1v) is 5.33. The summed E-state index contributed by atoms with van der Waals surface area (Å²) in [6, 6.07) is 0.809. The highest BCUT2D eigenvalue weighted by Crippen LogP contribution is 2.17. The van der Waals surface area contributed by atoms with Crippen molar-refractivity contribution in [1.29, 1.82) is 0 Å². The van der Waals surface area contributed by atoms with Crippen molar-refractivity contribution in [3.63, 3.8) is 0 Å². The number of nitrogens with one attached hydrogen (secondary N) is 1. The molecule has 0 atom stereocenters. The van der Waals surface area contributed by atoms with Crippen molar-refractivity contribution in [3.8, 4) is 0 Å². The maximum Gasteiger partial charge on any atom is 0.269 e. The van der Waals surface area contributed by atoms with Crippen LogP contribution in [-0.2, 0) is 10.0 Å². The Kier molecular flexibility index (Phi) is 2.91. The molecule has 84 valence electrons. The van der Waals surface area contributed by atoms with Crippen LogP contribution in [0.5, 0.6) is 0 Å². The smallest absolute Gasteiger partial charge is 0.269 e. The number of aromatic amines is 1. The van der Waals surface area contributed by atoms with Crippen LogP contribution >= 0.6 is 0 Å². The first-order chi connectivity index (χ1) is 6.73. The molecule has 1 rings (SSSR count). The lowest BCUT2D eigenvalue weighted by molar-refractivity contribution is 0.149. The zero-order chi connectivity index (χ0) is 11.8. The topological polar surface area (TPSA) is 93.0 Å². The fourth-order valence-corrected chi connectivity index (χ4v) is 1.84. The predicted molar refractivity (Wildman–Crippen MR) is 48.1 cm³/mol. The fraction of sp³-hybridized carbons (Fsp3) is 0.286. The van der Waals surface area contributed by atoms with Crippen LogP contribution < -0.4 is 10.7 Å². The number of rotatable bonds is 2. The number of nitrogens with two attached hydrogens (primary N) is 1. The molecule has 15 heavy (non-hydrogen) atoms. The molecule has 0 radical (unpaired) electrons. The molecule has 1 aromatic heterocycles. The molecule has 0 amide bonds. The summed E-state index contributed by atoms with van der Waals surface area (Å²) in [4.78, 5) is 12.8. The molecule has 0 aromatic carbocycles. The fourth-order valence-electron chi connectivity index (χ4n) is 1.10. The van der Waals surface area contributed by atoms with E-state index in [9.17, 15) is 22.0 Å². The Morgan fingerprint density at radius 2 is 2.00 bits per heavy atom. The van der Waals surface area contributed by atoms with Crippen molar-refractivity contribution >= 4 is 10.0 Å². The van der Waals surface area contributed by atoms with Crippen LogP contribution in [0.25, 0.3) is 0 Å². The third-order valence-electron chi connectivity index (χ3n) is 1.74. The minimum absolute atomic E-state index is 0.0209. The number of aryl methyl sites for hydroxylation is 1. The van der Waals surface area contributed by atoms with E-state index < -0.39 is 32.6 Å². The Labute approximate surface area is 84.0 Å². The van der Waals surface area contributed by atoms with Crippen molar-refractivity contribution in [3.05, 3.63) is 27.5 Å². The highest BCUT2D eigenvalue weighted by atomic mass is 32.2. The molecule has 0 fully saturated rings. The molecule has 0 unspecified atom stereocenters. The van der Waals surface area contributed by atoms with Gasteiger partial charge < -0.3 is 4.98 Å². The van der Waals surface area contributed by atoms with Gasteiger partial charge in [-0.2, -0.15) is 0 Å². The molecule has 0 aliphatic carbocycles. The average molecular weight is 238 g/mol. The van der Waals surface area contributed by atoms with Gasteiger partial charge in [0.05, 0.1) is 5.56 Å². The number of sulfonamides is 1. The molecule has 0 spiro atoms. The van der Waals surface area contributed by atoms with Gasteiger partial charge in [0, 0.05) is 0 Å². The molecule has 3 N–H and O–H groups in total. The van der Waals surface area contributed by atoms with Gasteiger partial charge in [-0.3, -0.25) is 4.79 Å². The molecule has 0 bridgehead atoms. The lowest BCUT2D eigenvalue weighted by Gasteiger charge is -2.05. The van der Waals surface area contributed by atoms with E-state index in [2.05, 4.69) is 0 Å². The van der Waals surface area contributed by atoms with Crippen molar-refractivity contribution in [2.24, 2.45) is 5.14 Å². The van der Waals surface area contributed by atoms with Gasteiger partial charge in [0.1, 0.15) is 0 Å². The average Bonchev–Trinajstić information content (AvgIpc) is 2.06.